The quantitative estimate of drug-likeness (QED) is 0.724. The van der Waals surface area contributed by atoms with Gasteiger partial charge in [0.15, 0.2) is 0 Å². The first-order chi connectivity index (χ1) is 8.69. The molecule has 1 saturated heterocycles. The van der Waals surface area contributed by atoms with Crippen LogP contribution in [0.25, 0.3) is 0 Å². The number of likely N-dealkylation sites (tertiary alicyclic amines) is 1. The monoisotopic (exact) mass is 251 g/mol. The summed E-state index contributed by atoms with van der Waals surface area (Å²) in [7, 11) is 1.91. The largest absolute Gasteiger partial charge is 0.345 e. The third-order valence-electron chi connectivity index (χ3n) is 3.62. The van der Waals surface area contributed by atoms with Gasteiger partial charge in [0.2, 0.25) is 5.91 Å². The Hall–Kier alpha value is -1.08. The van der Waals surface area contributed by atoms with Crippen molar-refractivity contribution in [1.82, 2.24) is 9.80 Å². The van der Waals surface area contributed by atoms with E-state index in [4.69, 9.17) is 5.26 Å². The van der Waals surface area contributed by atoms with Crippen molar-refractivity contribution in [2.75, 3.05) is 33.2 Å². The highest BCUT2D eigenvalue weighted by Gasteiger charge is 2.27. The second kappa shape index (κ2) is 8.10. The highest BCUT2D eigenvalue weighted by molar-refractivity contribution is 5.78. The maximum atomic E-state index is 12.3. The van der Waals surface area contributed by atoms with E-state index in [0.29, 0.717) is 6.42 Å². The van der Waals surface area contributed by atoms with Crippen LogP contribution >= 0.6 is 0 Å². The molecule has 0 saturated carbocycles. The minimum Gasteiger partial charge on any atom is -0.345 e. The maximum absolute atomic E-state index is 12.3. The van der Waals surface area contributed by atoms with Gasteiger partial charge >= 0.3 is 0 Å². The Morgan fingerprint density at radius 3 is 3.00 bits per heavy atom. The molecule has 1 amide bonds. The minimum absolute atomic E-state index is 0.138. The van der Waals surface area contributed by atoms with E-state index in [2.05, 4.69) is 17.9 Å². The average Bonchev–Trinajstić information content (AvgIpc) is 2.42. The number of amides is 1. The molecule has 0 radical (unpaired) electrons. The van der Waals surface area contributed by atoms with E-state index in [9.17, 15) is 4.79 Å². The molecule has 0 N–H and O–H groups in total. The lowest BCUT2D eigenvalue weighted by Gasteiger charge is -2.33. The molecule has 0 aromatic carbocycles. The van der Waals surface area contributed by atoms with Crippen molar-refractivity contribution in [2.45, 2.75) is 39.0 Å². The van der Waals surface area contributed by atoms with Crippen LogP contribution in [0.4, 0.5) is 0 Å². The summed E-state index contributed by atoms with van der Waals surface area (Å²) in [6.07, 6.45) is 4.83. The van der Waals surface area contributed by atoms with Crippen molar-refractivity contribution >= 4 is 5.91 Å². The van der Waals surface area contributed by atoms with E-state index in [-0.39, 0.29) is 11.8 Å². The Bertz CT molecular complexity index is 298. The second-order valence-corrected chi connectivity index (χ2v) is 5.16. The molecule has 1 atom stereocenters. The summed E-state index contributed by atoms with van der Waals surface area (Å²) in [5, 5.41) is 8.61. The van der Waals surface area contributed by atoms with Crippen LogP contribution < -0.4 is 0 Å². The Labute approximate surface area is 111 Å². The predicted octanol–water partition coefficient (Wildman–Crippen LogP) is 1.87. The summed E-state index contributed by atoms with van der Waals surface area (Å²) in [5.41, 5.74) is 0. The summed E-state index contributed by atoms with van der Waals surface area (Å²) in [4.78, 5) is 16.4. The van der Waals surface area contributed by atoms with E-state index in [1.54, 1.807) is 0 Å². The van der Waals surface area contributed by atoms with Crippen LogP contribution in [0, 0.1) is 17.2 Å². The van der Waals surface area contributed by atoms with Crippen LogP contribution in [0.3, 0.4) is 0 Å². The third-order valence-corrected chi connectivity index (χ3v) is 3.62. The van der Waals surface area contributed by atoms with Gasteiger partial charge in [-0.3, -0.25) is 4.79 Å². The minimum atomic E-state index is 0.138. The molecule has 1 fully saturated rings. The molecule has 1 aliphatic rings. The smallest absolute Gasteiger partial charge is 0.226 e. The molecule has 1 aliphatic heterocycles. The number of hydrogen-bond donors (Lipinski definition) is 0. The van der Waals surface area contributed by atoms with Crippen molar-refractivity contribution in [3.05, 3.63) is 0 Å². The van der Waals surface area contributed by atoms with Gasteiger partial charge in [-0.2, -0.15) is 5.26 Å². The Balaban J connectivity index is 2.40. The molecule has 0 aliphatic carbocycles. The molecular weight excluding hydrogens is 226 g/mol. The number of hydrogen-bond acceptors (Lipinski definition) is 3. The van der Waals surface area contributed by atoms with Gasteiger partial charge in [-0.1, -0.05) is 13.3 Å². The number of nitrogens with zero attached hydrogens (tertiary/aromatic N) is 3. The number of piperidine rings is 1. The predicted molar refractivity (Wildman–Crippen MR) is 71.9 cm³/mol. The molecule has 1 rings (SSSR count). The molecule has 1 heterocycles. The maximum Gasteiger partial charge on any atom is 0.226 e. The Kier molecular flexibility index (Phi) is 6.74. The number of unbranched alkanes of at least 4 members (excludes halogenated alkanes) is 1. The zero-order chi connectivity index (χ0) is 13.4. The first kappa shape index (κ1) is 15.0. The van der Waals surface area contributed by atoms with Crippen molar-refractivity contribution in [1.29, 1.82) is 5.26 Å². The van der Waals surface area contributed by atoms with Gasteiger partial charge in [0.25, 0.3) is 0 Å². The standard InChI is InChI=1S/C14H25N3O/c1-3-4-9-16(2)14(18)13-7-5-10-17(12-13)11-6-8-15/h13H,3-7,9-12H2,1-2H3. The average molecular weight is 251 g/mol. The van der Waals surface area contributed by atoms with Crippen molar-refractivity contribution < 1.29 is 4.79 Å². The van der Waals surface area contributed by atoms with Gasteiger partial charge in [-0.25, -0.2) is 0 Å². The van der Waals surface area contributed by atoms with Gasteiger partial charge in [0.1, 0.15) is 0 Å². The number of rotatable bonds is 6. The first-order valence-corrected chi connectivity index (χ1v) is 7.03. The SMILES string of the molecule is CCCCN(C)C(=O)C1CCCN(CCC#N)C1. The molecule has 102 valence electrons. The van der Waals surface area contributed by atoms with Gasteiger partial charge in [0.05, 0.1) is 12.0 Å². The summed E-state index contributed by atoms with van der Waals surface area (Å²) >= 11 is 0. The molecule has 4 heteroatoms. The lowest BCUT2D eigenvalue weighted by Crippen LogP contribution is -2.44. The van der Waals surface area contributed by atoms with Crippen LogP contribution in [0.5, 0.6) is 0 Å². The highest BCUT2D eigenvalue weighted by Crippen LogP contribution is 2.18. The van der Waals surface area contributed by atoms with Gasteiger partial charge in [0, 0.05) is 33.1 Å². The van der Waals surface area contributed by atoms with E-state index >= 15 is 0 Å². The van der Waals surface area contributed by atoms with Crippen LogP contribution in [0.1, 0.15) is 39.0 Å². The third kappa shape index (κ3) is 4.66. The van der Waals surface area contributed by atoms with Crippen LogP contribution in [-0.4, -0.2) is 48.9 Å². The second-order valence-electron chi connectivity index (χ2n) is 5.16. The van der Waals surface area contributed by atoms with E-state index in [1.165, 1.54) is 0 Å². The molecule has 18 heavy (non-hydrogen) atoms. The van der Waals surface area contributed by atoms with Crippen LogP contribution in [0.2, 0.25) is 0 Å². The summed E-state index contributed by atoms with van der Waals surface area (Å²) in [6.45, 7) is 5.67. The zero-order valence-corrected chi connectivity index (χ0v) is 11.7. The van der Waals surface area contributed by atoms with E-state index in [0.717, 1.165) is 51.9 Å². The number of carbonyl (C=O) groups excluding carboxylic acids is 1. The lowest BCUT2D eigenvalue weighted by atomic mass is 9.96. The van der Waals surface area contributed by atoms with Crippen molar-refractivity contribution in [3.8, 4) is 6.07 Å². The van der Waals surface area contributed by atoms with Gasteiger partial charge in [-0.15, -0.1) is 0 Å². The fraction of sp³-hybridized carbons (Fsp3) is 0.857. The molecule has 1 unspecified atom stereocenters. The normalized spacial score (nSPS) is 20.4. The fourth-order valence-corrected chi connectivity index (χ4v) is 2.49. The zero-order valence-electron chi connectivity index (χ0n) is 11.7. The van der Waals surface area contributed by atoms with Crippen molar-refractivity contribution in [3.63, 3.8) is 0 Å². The molecule has 4 nitrogen and oxygen atoms in total. The van der Waals surface area contributed by atoms with E-state index < -0.39 is 0 Å². The molecule has 0 aromatic heterocycles. The van der Waals surface area contributed by atoms with Crippen LogP contribution in [0.15, 0.2) is 0 Å². The summed E-state index contributed by atoms with van der Waals surface area (Å²) in [6, 6.07) is 2.17. The summed E-state index contributed by atoms with van der Waals surface area (Å²) in [5.74, 6) is 0.421. The highest BCUT2D eigenvalue weighted by atomic mass is 16.2. The number of carbonyl (C=O) groups is 1. The Morgan fingerprint density at radius 1 is 1.56 bits per heavy atom. The fourth-order valence-electron chi connectivity index (χ4n) is 2.49. The molecule has 0 spiro atoms. The van der Waals surface area contributed by atoms with Gasteiger partial charge < -0.3 is 9.80 Å². The molecular formula is C14H25N3O. The summed E-state index contributed by atoms with van der Waals surface area (Å²) < 4.78 is 0. The first-order valence-electron chi connectivity index (χ1n) is 7.03. The van der Waals surface area contributed by atoms with Crippen molar-refractivity contribution in [2.24, 2.45) is 5.92 Å². The number of nitriles is 1. The van der Waals surface area contributed by atoms with E-state index in [1.807, 2.05) is 11.9 Å². The van der Waals surface area contributed by atoms with Gasteiger partial charge in [-0.05, 0) is 25.8 Å². The van der Waals surface area contributed by atoms with Crippen LogP contribution in [-0.2, 0) is 4.79 Å². The molecule has 0 bridgehead atoms. The Morgan fingerprint density at radius 2 is 2.33 bits per heavy atom. The lowest BCUT2D eigenvalue weighted by molar-refractivity contribution is -0.136. The molecule has 0 aromatic rings. The topological polar surface area (TPSA) is 47.3 Å².